The van der Waals surface area contributed by atoms with Crippen LogP contribution in [0, 0.1) is 11.8 Å². The molecular weight excluding hydrogens is 278 g/mol. The molecule has 0 bridgehead atoms. The number of ether oxygens (including phenoxy) is 1. The molecule has 1 aromatic rings. The number of hydrogen-bond donors (Lipinski definition) is 1. The number of carbonyl (C=O) groups excluding carboxylic acids is 1. The number of aliphatic hydroxyl groups excluding tert-OH is 1. The van der Waals surface area contributed by atoms with Crippen molar-refractivity contribution in [3.63, 3.8) is 0 Å². The zero-order valence-electron chi connectivity index (χ0n) is 13.0. The first-order valence-electron chi connectivity index (χ1n) is 7.83. The van der Waals surface area contributed by atoms with Crippen molar-refractivity contribution in [2.24, 2.45) is 0 Å². The van der Waals surface area contributed by atoms with Crippen molar-refractivity contribution >= 4 is 5.97 Å². The van der Waals surface area contributed by atoms with Crippen LogP contribution in [-0.2, 0) is 9.53 Å². The molecule has 0 aromatic heterocycles. The minimum atomic E-state index is -0.238. The van der Waals surface area contributed by atoms with E-state index in [0.29, 0.717) is 6.61 Å². The molecule has 2 rings (SSSR count). The Bertz CT molecular complexity index is 532. The van der Waals surface area contributed by atoms with Crippen molar-refractivity contribution in [3.8, 4) is 11.8 Å². The Hall–Kier alpha value is -1.83. The molecular formula is C18H23NO3. The third-order valence-corrected chi connectivity index (χ3v) is 3.86. The second kappa shape index (κ2) is 8.57. The maximum atomic E-state index is 11.8. The molecule has 0 saturated carbocycles. The average Bonchev–Trinajstić information content (AvgIpc) is 3.01. The van der Waals surface area contributed by atoms with E-state index >= 15 is 0 Å². The van der Waals surface area contributed by atoms with Gasteiger partial charge in [0.1, 0.15) is 0 Å². The molecule has 0 spiro atoms. The number of aliphatic hydroxyl groups is 1. The maximum absolute atomic E-state index is 11.8. The Morgan fingerprint density at radius 2 is 2.23 bits per heavy atom. The summed E-state index contributed by atoms with van der Waals surface area (Å²) in [5.41, 5.74) is 0.927. The second-order valence-corrected chi connectivity index (χ2v) is 5.38. The summed E-state index contributed by atoms with van der Waals surface area (Å²) in [4.78, 5) is 14.0. The Kier molecular flexibility index (Phi) is 6.45. The van der Waals surface area contributed by atoms with E-state index in [0.717, 1.165) is 24.9 Å². The van der Waals surface area contributed by atoms with Gasteiger partial charge in [-0.3, -0.25) is 9.69 Å². The lowest BCUT2D eigenvalue weighted by atomic mass is 10.1. The molecule has 0 aliphatic carbocycles. The summed E-state index contributed by atoms with van der Waals surface area (Å²) in [5.74, 6) is 6.09. The number of esters is 1. The number of benzene rings is 1. The van der Waals surface area contributed by atoms with Crippen LogP contribution in [0.1, 0.15) is 31.7 Å². The van der Waals surface area contributed by atoms with Gasteiger partial charge < -0.3 is 9.84 Å². The minimum Gasteiger partial charge on any atom is -0.466 e. The normalized spacial score (nSPS) is 19.3. The van der Waals surface area contributed by atoms with Gasteiger partial charge >= 0.3 is 5.97 Å². The van der Waals surface area contributed by atoms with Crippen molar-refractivity contribution in [1.29, 1.82) is 0 Å². The quantitative estimate of drug-likeness (QED) is 0.666. The van der Waals surface area contributed by atoms with E-state index < -0.39 is 0 Å². The molecule has 0 unspecified atom stereocenters. The van der Waals surface area contributed by atoms with Crippen molar-refractivity contribution in [3.05, 3.63) is 35.9 Å². The summed E-state index contributed by atoms with van der Waals surface area (Å²) in [5, 5.41) is 9.50. The fourth-order valence-electron chi connectivity index (χ4n) is 2.78. The van der Waals surface area contributed by atoms with Crippen LogP contribution in [-0.4, -0.2) is 47.8 Å². The highest BCUT2D eigenvalue weighted by Gasteiger charge is 2.30. The van der Waals surface area contributed by atoms with Gasteiger partial charge in [0.05, 0.1) is 25.7 Å². The largest absolute Gasteiger partial charge is 0.466 e. The highest BCUT2D eigenvalue weighted by atomic mass is 16.5. The molecule has 118 valence electrons. The van der Waals surface area contributed by atoms with Gasteiger partial charge in [-0.25, -0.2) is 0 Å². The molecule has 1 N–H and O–H groups in total. The van der Waals surface area contributed by atoms with Gasteiger partial charge in [-0.05, 0) is 38.4 Å². The lowest BCUT2D eigenvalue weighted by Crippen LogP contribution is -2.41. The number of likely N-dealkylation sites (tertiary alicyclic amines) is 1. The van der Waals surface area contributed by atoms with Crippen LogP contribution in [0.4, 0.5) is 0 Å². The summed E-state index contributed by atoms with van der Waals surface area (Å²) in [6, 6.07) is 9.60. The lowest BCUT2D eigenvalue weighted by Gasteiger charge is -2.28. The van der Waals surface area contributed by atoms with Crippen LogP contribution in [0.5, 0.6) is 0 Å². The smallest absolute Gasteiger partial charge is 0.308 e. The van der Waals surface area contributed by atoms with Gasteiger partial charge in [0, 0.05) is 11.6 Å². The highest BCUT2D eigenvalue weighted by Crippen LogP contribution is 2.21. The van der Waals surface area contributed by atoms with Gasteiger partial charge in [-0.1, -0.05) is 30.0 Å². The fraction of sp³-hybridized carbons (Fsp3) is 0.500. The molecule has 0 radical (unpaired) electrons. The molecule has 1 heterocycles. The molecule has 1 aliphatic heterocycles. The number of hydrogen-bond acceptors (Lipinski definition) is 4. The first-order chi connectivity index (χ1) is 10.7. The minimum absolute atomic E-state index is 0.0875. The predicted molar refractivity (Wildman–Crippen MR) is 85.2 cm³/mol. The molecule has 1 aromatic carbocycles. The van der Waals surface area contributed by atoms with E-state index in [1.165, 1.54) is 0 Å². The third-order valence-electron chi connectivity index (χ3n) is 3.86. The van der Waals surface area contributed by atoms with Crippen molar-refractivity contribution < 1.29 is 14.6 Å². The first kappa shape index (κ1) is 16.5. The van der Waals surface area contributed by atoms with Gasteiger partial charge in [-0.2, -0.15) is 0 Å². The van der Waals surface area contributed by atoms with Crippen LogP contribution < -0.4 is 0 Å². The van der Waals surface area contributed by atoms with Crippen LogP contribution in [0.15, 0.2) is 30.3 Å². The summed E-state index contributed by atoms with van der Waals surface area (Å²) in [6.07, 6.45) is 2.21. The van der Waals surface area contributed by atoms with E-state index in [2.05, 4.69) is 16.7 Å². The Balaban J connectivity index is 2.14. The first-order valence-corrected chi connectivity index (χ1v) is 7.83. The zero-order valence-corrected chi connectivity index (χ0v) is 13.0. The zero-order chi connectivity index (χ0) is 15.8. The van der Waals surface area contributed by atoms with Crippen molar-refractivity contribution in [1.82, 2.24) is 4.90 Å². The monoisotopic (exact) mass is 301 g/mol. The predicted octanol–water partition coefficient (Wildman–Crippen LogP) is 1.82. The third kappa shape index (κ3) is 4.59. The van der Waals surface area contributed by atoms with Gasteiger partial charge in [-0.15, -0.1) is 0 Å². The molecule has 1 saturated heterocycles. The molecule has 2 atom stereocenters. The van der Waals surface area contributed by atoms with E-state index in [1.807, 2.05) is 30.3 Å². The molecule has 4 heteroatoms. The summed E-state index contributed by atoms with van der Waals surface area (Å²) in [6.45, 7) is 3.14. The standard InChI is InChI=1S/C18H23NO3/c1-2-22-18(21)13-16(19-12-6-9-17(19)14-20)11-10-15-7-4-3-5-8-15/h3-5,7-8,16-17,20H,2,6,9,12-14H2,1H3/t16-,17+/m0/s1. The van der Waals surface area contributed by atoms with Gasteiger partial charge in [0.15, 0.2) is 0 Å². The van der Waals surface area contributed by atoms with Crippen LogP contribution in [0.3, 0.4) is 0 Å². The molecule has 1 fully saturated rings. The fourth-order valence-corrected chi connectivity index (χ4v) is 2.78. The van der Waals surface area contributed by atoms with Crippen LogP contribution in [0.25, 0.3) is 0 Å². The van der Waals surface area contributed by atoms with Gasteiger partial charge in [0.25, 0.3) is 0 Å². The SMILES string of the molecule is CCOC(=O)C[C@H](C#Cc1ccccc1)N1CCC[C@@H]1CO. The Morgan fingerprint density at radius 1 is 1.45 bits per heavy atom. The molecule has 4 nitrogen and oxygen atoms in total. The molecule has 1 aliphatic rings. The van der Waals surface area contributed by atoms with E-state index in [1.54, 1.807) is 6.92 Å². The number of nitrogens with zero attached hydrogens (tertiary/aromatic N) is 1. The van der Waals surface area contributed by atoms with Crippen molar-refractivity contribution in [2.45, 2.75) is 38.3 Å². The summed E-state index contributed by atoms with van der Waals surface area (Å²) in [7, 11) is 0. The topological polar surface area (TPSA) is 49.8 Å². The summed E-state index contributed by atoms with van der Waals surface area (Å²) < 4.78 is 5.06. The average molecular weight is 301 g/mol. The van der Waals surface area contributed by atoms with Gasteiger partial charge in [0.2, 0.25) is 0 Å². The maximum Gasteiger partial charge on any atom is 0.308 e. The summed E-state index contributed by atoms with van der Waals surface area (Å²) >= 11 is 0. The molecule has 22 heavy (non-hydrogen) atoms. The van der Waals surface area contributed by atoms with E-state index in [4.69, 9.17) is 4.74 Å². The second-order valence-electron chi connectivity index (χ2n) is 5.38. The van der Waals surface area contributed by atoms with E-state index in [-0.39, 0.29) is 31.1 Å². The van der Waals surface area contributed by atoms with Crippen molar-refractivity contribution in [2.75, 3.05) is 19.8 Å². The van der Waals surface area contributed by atoms with Crippen LogP contribution >= 0.6 is 0 Å². The number of carbonyl (C=O) groups is 1. The van der Waals surface area contributed by atoms with E-state index in [9.17, 15) is 9.90 Å². The Labute approximate surface area is 132 Å². The molecule has 0 amide bonds. The highest BCUT2D eigenvalue weighted by molar-refractivity contribution is 5.70. The Morgan fingerprint density at radius 3 is 2.91 bits per heavy atom. The van der Waals surface area contributed by atoms with Crippen LogP contribution in [0.2, 0.25) is 0 Å². The lowest BCUT2D eigenvalue weighted by molar-refractivity contribution is -0.144. The number of rotatable bonds is 5.